The van der Waals surface area contributed by atoms with E-state index in [0.29, 0.717) is 11.3 Å². The van der Waals surface area contributed by atoms with Crippen molar-refractivity contribution in [2.75, 3.05) is 20.8 Å². The summed E-state index contributed by atoms with van der Waals surface area (Å²) in [6.07, 6.45) is 0. The van der Waals surface area contributed by atoms with E-state index in [1.165, 1.54) is 20.3 Å². The third-order valence-corrected chi connectivity index (χ3v) is 1.95. The van der Waals surface area contributed by atoms with Gasteiger partial charge < -0.3 is 15.2 Å². The second kappa shape index (κ2) is 4.93. The maximum atomic E-state index is 13.4. The minimum absolute atomic E-state index is 0.261. The quantitative estimate of drug-likeness (QED) is 0.798. The monoisotopic (exact) mass is 199 g/mol. The molecule has 1 aromatic carbocycles. The van der Waals surface area contributed by atoms with E-state index in [2.05, 4.69) is 0 Å². The number of ether oxygens (including phenoxy) is 2. The van der Waals surface area contributed by atoms with Gasteiger partial charge in [-0.25, -0.2) is 4.39 Å². The molecule has 14 heavy (non-hydrogen) atoms. The zero-order valence-electron chi connectivity index (χ0n) is 8.29. The summed E-state index contributed by atoms with van der Waals surface area (Å²) in [5, 5.41) is 0. The molecular formula is C10H14FNO2. The fourth-order valence-electron chi connectivity index (χ4n) is 1.32. The first kappa shape index (κ1) is 10.9. The number of hydrogen-bond donors (Lipinski definition) is 1. The van der Waals surface area contributed by atoms with Crippen molar-refractivity contribution in [3.63, 3.8) is 0 Å². The number of rotatable bonds is 4. The van der Waals surface area contributed by atoms with Crippen molar-refractivity contribution >= 4 is 0 Å². The van der Waals surface area contributed by atoms with Crippen molar-refractivity contribution in [2.45, 2.75) is 6.04 Å². The van der Waals surface area contributed by atoms with Gasteiger partial charge in [0.2, 0.25) is 0 Å². The lowest BCUT2D eigenvalue weighted by Crippen LogP contribution is -2.18. The van der Waals surface area contributed by atoms with Gasteiger partial charge in [-0.1, -0.05) is 6.07 Å². The molecule has 0 amide bonds. The second-order valence-electron chi connectivity index (χ2n) is 2.92. The van der Waals surface area contributed by atoms with E-state index in [0.717, 1.165) is 0 Å². The molecule has 0 aliphatic rings. The predicted octanol–water partition coefficient (Wildman–Crippen LogP) is 1.48. The lowest BCUT2D eigenvalue weighted by atomic mass is 10.1. The number of methoxy groups -OCH3 is 2. The zero-order chi connectivity index (χ0) is 10.6. The Bertz CT molecular complexity index is 304. The Hall–Kier alpha value is -1.13. The summed E-state index contributed by atoms with van der Waals surface area (Å²) < 4.78 is 23.3. The summed E-state index contributed by atoms with van der Waals surface area (Å²) in [4.78, 5) is 0. The molecule has 0 saturated heterocycles. The maximum Gasteiger partial charge on any atom is 0.131 e. The van der Waals surface area contributed by atoms with Crippen LogP contribution in [0.15, 0.2) is 18.2 Å². The Morgan fingerprint density at radius 1 is 1.43 bits per heavy atom. The van der Waals surface area contributed by atoms with Crippen molar-refractivity contribution in [1.29, 1.82) is 0 Å². The van der Waals surface area contributed by atoms with Crippen molar-refractivity contribution in [1.82, 2.24) is 0 Å². The van der Waals surface area contributed by atoms with Gasteiger partial charge in [-0.2, -0.15) is 0 Å². The van der Waals surface area contributed by atoms with E-state index in [1.807, 2.05) is 0 Å². The third kappa shape index (κ3) is 2.21. The summed E-state index contributed by atoms with van der Waals surface area (Å²) >= 11 is 0. The Labute approximate surface area is 82.6 Å². The van der Waals surface area contributed by atoms with Gasteiger partial charge in [0.1, 0.15) is 11.6 Å². The highest BCUT2D eigenvalue weighted by atomic mass is 19.1. The van der Waals surface area contributed by atoms with E-state index in [1.54, 1.807) is 12.1 Å². The van der Waals surface area contributed by atoms with E-state index in [9.17, 15) is 4.39 Å². The van der Waals surface area contributed by atoms with Gasteiger partial charge in [0, 0.05) is 12.7 Å². The van der Waals surface area contributed by atoms with Gasteiger partial charge in [0.15, 0.2) is 0 Å². The standard InChI is InChI=1S/C10H14FNO2/c1-13-6-8(12)10-7(11)4-3-5-9(10)14-2/h3-5,8H,6,12H2,1-2H3/t8-/m1/s1. The fourth-order valence-corrected chi connectivity index (χ4v) is 1.32. The lowest BCUT2D eigenvalue weighted by Gasteiger charge is -2.15. The van der Waals surface area contributed by atoms with Crippen LogP contribution in [0.4, 0.5) is 4.39 Å². The van der Waals surface area contributed by atoms with E-state index >= 15 is 0 Å². The van der Waals surface area contributed by atoms with Crippen molar-refractivity contribution in [2.24, 2.45) is 5.73 Å². The largest absolute Gasteiger partial charge is 0.496 e. The van der Waals surface area contributed by atoms with Crippen LogP contribution in [0.3, 0.4) is 0 Å². The van der Waals surface area contributed by atoms with E-state index in [4.69, 9.17) is 15.2 Å². The van der Waals surface area contributed by atoms with Crippen LogP contribution >= 0.6 is 0 Å². The van der Waals surface area contributed by atoms with Gasteiger partial charge >= 0.3 is 0 Å². The molecule has 0 bridgehead atoms. The number of nitrogens with two attached hydrogens (primary N) is 1. The van der Waals surface area contributed by atoms with E-state index in [-0.39, 0.29) is 12.4 Å². The Balaban J connectivity index is 3.03. The van der Waals surface area contributed by atoms with E-state index < -0.39 is 6.04 Å². The Morgan fingerprint density at radius 2 is 2.14 bits per heavy atom. The molecular weight excluding hydrogens is 185 g/mol. The maximum absolute atomic E-state index is 13.4. The van der Waals surface area contributed by atoms with Crippen molar-refractivity contribution in [3.05, 3.63) is 29.6 Å². The topological polar surface area (TPSA) is 44.5 Å². The number of hydrogen-bond acceptors (Lipinski definition) is 3. The lowest BCUT2D eigenvalue weighted by molar-refractivity contribution is 0.178. The molecule has 0 aliphatic carbocycles. The number of benzene rings is 1. The normalized spacial score (nSPS) is 12.6. The molecule has 2 N–H and O–H groups in total. The first-order valence-electron chi connectivity index (χ1n) is 4.27. The molecule has 1 atom stereocenters. The fraction of sp³-hybridized carbons (Fsp3) is 0.400. The second-order valence-corrected chi connectivity index (χ2v) is 2.92. The minimum Gasteiger partial charge on any atom is -0.496 e. The molecule has 0 aromatic heterocycles. The molecule has 1 rings (SSSR count). The molecule has 4 heteroatoms. The highest BCUT2D eigenvalue weighted by Crippen LogP contribution is 2.26. The Morgan fingerprint density at radius 3 is 2.71 bits per heavy atom. The first-order valence-corrected chi connectivity index (χ1v) is 4.27. The van der Waals surface area contributed by atoms with Crippen LogP contribution in [-0.2, 0) is 4.74 Å². The average Bonchev–Trinajstić information content (AvgIpc) is 2.17. The predicted molar refractivity (Wildman–Crippen MR) is 51.8 cm³/mol. The van der Waals surface area contributed by atoms with Crippen molar-refractivity contribution in [3.8, 4) is 5.75 Å². The van der Waals surface area contributed by atoms with Crippen LogP contribution in [0.1, 0.15) is 11.6 Å². The van der Waals surface area contributed by atoms with Gasteiger partial charge in [-0.15, -0.1) is 0 Å². The summed E-state index contributed by atoms with van der Waals surface area (Å²) in [6, 6.07) is 4.11. The minimum atomic E-state index is -0.504. The number of halogens is 1. The van der Waals surface area contributed by atoms with Crippen LogP contribution in [0.5, 0.6) is 5.75 Å². The molecule has 0 unspecified atom stereocenters. The molecule has 0 radical (unpaired) electrons. The molecule has 0 spiro atoms. The molecule has 0 aliphatic heterocycles. The third-order valence-electron chi connectivity index (χ3n) is 1.95. The zero-order valence-corrected chi connectivity index (χ0v) is 8.29. The van der Waals surface area contributed by atoms with Gasteiger partial charge in [0.25, 0.3) is 0 Å². The van der Waals surface area contributed by atoms with Crippen LogP contribution in [0.2, 0.25) is 0 Å². The highest BCUT2D eigenvalue weighted by molar-refractivity contribution is 5.37. The highest BCUT2D eigenvalue weighted by Gasteiger charge is 2.16. The summed E-state index contributed by atoms with van der Waals surface area (Å²) in [5.41, 5.74) is 6.10. The molecule has 78 valence electrons. The first-order chi connectivity index (χ1) is 6.70. The van der Waals surface area contributed by atoms with Crippen molar-refractivity contribution < 1.29 is 13.9 Å². The Kier molecular flexibility index (Phi) is 3.85. The molecule has 3 nitrogen and oxygen atoms in total. The van der Waals surface area contributed by atoms with Gasteiger partial charge in [0.05, 0.1) is 19.8 Å². The van der Waals surface area contributed by atoms with Crippen LogP contribution in [-0.4, -0.2) is 20.8 Å². The molecule has 0 saturated carbocycles. The smallest absolute Gasteiger partial charge is 0.131 e. The molecule has 0 fully saturated rings. The van der Waals surface area contributed by atoms with Crippen LogP contribution in [0.25, 0.3) is 0 Å². The summed E-state index contributed by atoms with van der Waals surface area (Å²) in [7, 11) is 3.00. The summed E-state index contributed by atoms with van der Waals surface area (Å²) in [5.74, 6) is 0.0865. The SMILES string of the molecule is COC[C@@H](N)c1c(F)cccc1OC. The van der Waals surface area contributed by atoms with Gasteiger partial charge in [-0.05, 0) is 12.1 Å². The molecule has 0 heterocycles. The van der Waals surface area contributed by atoms with Crippen LogP contribution in [0, 0.1) is 5.82 Å². The van der Waals surface area contributed by atoms with Gasteiger partial charge in [-0.3, -0.25) is 0 Å². The van der Waals surface area contributed by atoms with Crippen LogP contribution < -0.4 is 10.5 Å². The summed E-state index contributed by atoms with van der Waals surface area (Å²) in [6.45, 7) is 0.261. The average molecular weight is 199 g/mol. The molecule has 1 aromatic rings.